The van der Waals surface area contributed by atoms with E-state index in [9.17, 15) is 5.11 Å². The van der Waals surface area contributed by atoms with Gasteiger partial charge in [-0.3, -0.25) is 0 Å². The number of aromatic hydroxyl groups is 1. The molecule has 0 amide bonds. The molecule has 0 aliphatic carbocycles. The lowest BCUT2D eigenvalue weighted by atomic mass is 10.1. The molecule has 1 fully saturated rings. The highest BCUT2D eigenvalue weighted by atomic mass is 16.3. The summed E-state index contributed by atoms with van der Waals surface area (Å²) in [5, 5.41) is 15.8. The van der Waals surface area contributed by atoms with E-state index in [0.717, 1.165) is 25.2 Å². The van der Waals surface area contributed by atoms with Crippen LogP contribution < -0.4 is 10.6 Å². The van der Waals surface area contributed by atoms with Crippen LogP contribution in [0.3, 0.4) is 0 Å². The molecule has 0 atom stereocenters. The van der Waals surface area contributed by atoms with E-state index in [-0.39, 0.29) is 0 Å². The summed E-state index contributed by atoms with van der Waals surface area (Å²) < 4.78 is 0. The zero-order valence-corrected chi connectivity index (χ0v) is 7.46. The Morgan fingerprint density at radius 2 is 2.31 bits per heavy atom. The van der Waals surface area contributed by atoms with Crippen molar-refractivity contribution < 1.29 is 5.11 Å². The number of nitrogens with one attached hydrogen (secondary N) is 2. The third kappa shape index (κ3) is 2.20. The molecule has 70 valence electrons. The average Bonchev–Trinajstić information content (AvgIpc) is 2.01. The van der Waals surface area contributed by atoms with Gasteiger partial charge in [-0.2, -0.15) is 0 Å². The molecule has 3 N–H and O–H groups in total. The summed E-state index contributed by atoms with van der Waals surface area (Å²) in [4.78, 5) is 0. The SMILES string of the molecule is Oc1cccc(CNC2CNC2)c1. The minimum atomic E-state index is 0.339. The van der Waals surface area contributed by atoms with Crippen molar-refractivity contribution in [1.29, 1.82) is 0 Å². The lowest BCUT2D eigenvalue weighted by Crippen LogP contribution is -2.54. The van der Waals surface area contributed by atoms with Crippen LogP contribution in [0.25, 0.3) is 0 Å². The summed E-state index contributed by atoms with van der Waals surface area (Å²) in [7, 11) is 0. The minimum Gasteiger partial charge on any atom is -0.508 e. The second-order valence-electron chi connectivity index (χ2n) is 3.41. The van der Waals surface area contributed by atoms with Gasteiger partial charge in [0.2, 0.25) is 0 Å². The molecule has 2 rings (SSSR count). The Bertz CT molecular complexity index is 284. The van der Waals surface area contributed by atoms with E-state index in [2.05, 4.69) is 10.6 Å². The first-order chi connectivity index (χ1) is 6.34. The largest absolute Gasteiger partial charge is 0.508 e. The zero-order chi connectivity index (χ0) is 9.10. The van der Waals surface area contributed by atoms with Gasteiger partial charge < -0.3 is 15.7 Å². The quantitative estimate of drug-likeness (QED) is 0.630. The molecule has 0 radical (unpaired) electrons. The van der Waals surface area contributed by atoms with E-state index in [1.165, 1.54) is 0 Å². The number of hydrogen-bond acceptors (Lipinski definition) is 3. The van der Waals surface area contributed by atoms with E-state index in [0.29, 0.717) is 11.8 Å². The Morgan fingerprint density at radius 1 is 1.46 bits per heavy atom. The van der Waals surface area contributed by atoms with Crippen LogP contribution in [0.2, 0.25) is 0 Å². The second kappa shape index (κ2) is 3.77. The maximum absolute atomic E-state index is 9.21. The standard InChI is InChI=1S/C10H14N2O/c13-10-3-1-2-8(4-10)5-12-9-6-11-7-9/h1-4,9,11-13H,5-7H2. The molecule has 1 aliphatic rings. The third-order valence-corrected chi connectivity index (χ3v) is 2.29. The molecular weight excluding hydrogens is 164 g/mol. The first kappa shape index (κ1) is 8.53. The van der Waals surface area contributed by atoms with Gasteiger partial charge in [-0.25, -0.2) is 0 Å². The molecule has 0 spiro atoms. The zero-order valence-electron chi connectivity index (χ0n) is 7.46. The highest BCUT2D eigenvalue weighted by Crippen LogP contribution is 2.10. The highest BCUT2D eigenvalue weighted by molar-refractivity contribution is 5.26. The number of hydrogen-bond donors (Lipinski definition) is 3. The van der Waals surface area contributed by atoms with Gasteiger partial charge in [-0.15, -0.1) is 0 Å². The first-order valence-corrected chi connectivity index (χ1v) is 4.56. The summed E-state index contributed by atoms with van der Waals surface area (Å²) in [5.41, 5.74) is 1.13. The number of benzene rings is 1. The maximum atomic E-state index is 9.21. The number of rotatable bonds is 3. The van der Waals surface area contributed by atoms with E-state index in [1.54, 1.807) is 12.1 Å². The summed E-state index contributed by atoms with van der Waals surface area (Å²) in [5.74, 6) is 0.339. The normalized spacial score (nSPS) is 16.9. The van der Waals surface area contributed by atoms with Crippen molar-refractivity contribution in [1.82, 2.24) is 10.6 Å². The molecular formula is C10H14N2O. The maximum Gasteiger partial charge on any atom is 0.115 e. The molecule has 3 nitrogen and oxygen atoms in total. The van der Waals surface area contributed by atoms with Crippen LogP contribution in [0.15, 0.2) is 24.3 Å². The highest BCUT2D eigenvalue weighted by Gasteiger charge is 2.14. The van der Waals surface area contributed by atoms with Gasteiger partial charge in [0.1, 0.15) is 5.75 Å². The van der Waals surface area contributed by atoms with Gasteiger partial charge in [0.15, 0.2) is 0 Å². The Labute approximate surface area is 77.8 Å². The molecule has 1 aromatic carbocycles. The molecule has 3 heteroatoms. The fourth-order valence-electron chi connectivity index (χ4n) is 1.36. The molecule has 0 bridgehead atoms. The Hall–Kier alpha value is -1.06. The summed E-state index contributed by atoms with van der Waals surface area (Å²) >= 11 is 0. The van der Waals surface area contributed by atoms with Gasteiger partial charge in [0.05, 0.1) is 0 Å². The van der Waals surface area contributed by atoms with Gasteiger partial charge in [-0.05, 0) is 17.7 Å². The second-order valence-corrected chi connectivity index (χ2v) is 3.41. The van der Waals surface area contributed by atoms with Crippen LogP contribution in [-0.2, 0) is 6.54 Å². The predicted molar refractivity (Wildman–Crippen MR) is 51.6 cm³/mol. The molecule has 0 aromatic heterocycles. The summed E-state index contributed by atoms with van der Waals surface area (Å²) in [6.07, 6.45) is 0. The van der Waals surface area contributed by atoms with E-state index < -0.39 is 0 Å². The predicted octanol–water partition coefficient (Wildman–Crippen LogP) is 0.454. The van der Waals surface area contributed by atoms with E-state index in [4.69, 9.17) is 0 Å². The van der Waals surface area contributed by atoms with Crippen molar-refractivity contribution >= 4 is 0 Å². The monoisotopic (exact) mass is 178 g/mol. The van der Waals surface area contributed by atoms with Gasteiger partial charge in [-0.1, -0.05) is 12.1 Å². The third-order valence-electron chi connectivity index (χ3n) is 2.29. The number of phenols is 1. The van der Waals surface area contributed by atoms with Crippen molar-refractivity contribution in [3.05, 3.63) is 29.8 Å². The lowest BCUT2D eigenvalue weighted by molar-refractivity contribution is 0.365. The van der Waals surface area contributed by atoms with Crippen molar-refractivity contribution in [2.45, 2.75) is 12.6 Å². The molecule has 1 saturated heterocycles. The molecule has 1 aliphatic heterocycles. The van der Waals surface area contributed by atoms with Crippen LogP contribution in [0.1, 0.15) is 5.56 Å². The Kier molecular flexibility index (Phi) is 2.47. The molecule has 0 unspecified atom stereocenters. The van der Waals surface area contributed by atoms with Crippen molar-refractivity contribution in [2.75, 3.05) is 13.1 Å². The average molecular weight is 178 g/mol. The van der Waals surface area contributed by atoms with Crippen LogP contribution in [0.4, 0.5) is 0 Å². The van der Waals surface area contributed by atoms with Gasteiger partial charge in [0, 0.05) is 25.7 Å². The topological polar surface area (TPSA) is 44.3 Å². The fourth-order valence-corrected chi connectivity index (χ4v) is 1.36. The van der Waals surface area contributed by atoms with Crippen LogP contribution in [0.5, 0.6) is 5.75 Å². The Balaban J connectivity index is 1.86. The summed E-state index contributed by atoms with van der Waals surface area (Å²) in [6.45, 7) is 2.94. The first-order valence-electron chi connectivity index (χ1n) is 4.56. The molecule has 1 heterocycles. The van der Waals surface area contributed by atoms with Crippen LogP contribution in [0, 0.1) is 0 Å². The van der Waals surface area contributed by atoms with Gasteiger partial charge in [0.25, 0.3) is 0 Å². The molecule has 13 heavy (non-hydrogen) atoms. The van der Waals surface area contributed by atoms with Crippen LogP contribution in [-0.4, -0.2) is 24.2 Å². The molecule has 1 aromatic rings. The van der Waals surface area contributed by atoms with Crippen molar-refractivity contribution in [3.63, 3.8) is 0 Å². The summed E-state index contributed by atoms with van der Waals surface area (Å²) in [6, 6.07) is 7.96. The lowest BCUT2D eigenvalue weighted by Gasteiger charge is -2.28. The Morgan fingerprint density at radius 3 is 2.92 bits per heavy atom. The smallest absolute Gasteiger partial charge is 0.115 e. The van der Waals surface area contributed by atoms with Crippen molar-refractivity contribution in [3.8, 4) is 5.75 Å². The van der Waals surface area contributed by atoms with E-state index >= 15 is 0 Å². The van der Waals surface area contributed by atoms with Gasteiger partial charge >= 0.3 is 0 Å². The van der Waals surface area contributed by atoms with E-state index in [1.807, 2.05) is 12.1 Å². The minimum absolute atomic E-state index is 0.339. The van der Waals surface area contributed by atoms with Crippen LogP contribution >= 0.6 is 0 Å². The fraction of sp³-hybridized carbons (Fsp3) is 0.400. The number of phenolic OH excluding ortho intramolecular Hbond substituents is 1. The molecule has 0 saturated carbocycles. The van der Waals surface area contributed by atoms with Crippen molar-refractivity contribution in [2.24, 2.45) is 0 Å².